The molecular formula is C18H27ClO. The van der Waals surface area contributed by atoms with Crippen LogP contribution >= 0.6 is 11.6 Å². The third-order valence-corrected chi connectivity index (χ3v) is 5.74. The van der Waals surface area contributed by atoms with Gasteiger partial charge in [-0.2, -0.15) is 0 Å². The van der Waals surface area contributed by atoms with E-state index < -0.39 is 0 Å². The van der Waals surface area contributed by atoms with Gasteiger partial charge in [0.05, 0.1) is 0 Å². The minimum absolute atomic E-state index is 0.00387. The third-order valence-electron chi connectivity index (χ3n) is 5.29. The molecule has 0 unspecified atom stereocenters. The van der Waals surface area contributed by atoms with Crippen molar-refractivity contribution in [2.45, 2.75) is 66.7 Å². The van der Waals surface area contributed by atoms with Crippen molar-refractivity contribution in [2.75, 3.05) is 0 Å². The van der Waals surface area contributed by atoms with Gasteiger partial charge in [-0.25, -0.2) is 0 Å². The fourth-order valence-corrected chi connectivity index (χ4v) is 4.25. The molecule has 0 heterocycles. The van der Waals surface area contributed by atoms with Crippen molar-refractivity contribution in [3.05, 3.63) is 22.3 Å². The lowest BCUT2D eigenvalue weighted by molar-refractivity contribution is -0.133. The van der Waals surface area contributed by atoms with E-state index in [9.17, 15) is 4.79 Å². The van der Waals surface area contributed by atoms with Gasteiger partial charge in [-0.1, -0.05) is 50.4 Å². The Bertz CT molecular complexity index is 482. The van der Waals surface area contributed by atoms with Gasteiger partial charge in [0.1, 0.15) is 0 Å². The lowest BCUT2D eigenvalue weighted by atomic mass is 9.52. The van der Waals surface area contributed by atoms with Crippen LogP contribution in [0.5, 0.6) is 0 Å². The molecule has 20 heavy (non-hydrogen) atoms. The summed E-state index contributed by atoms with van der Waals surface area (Å²) in [6, 6.07) is 0. The summed E-state index contributed by atoms with van der Waals surface area (Å²) < 4.78 is 0. The summed E-state index contributed by atoms with van der Waals surface area (Å²) in [6.45, 7) is 11.0. The molecule has 0 saturated heterocycles. The van der Waals surface area contributed by atoms with Crippen LogP contribution in [0.15, 0.2) is 22.3 Å². The standard InChI is InChI=1S/C18H27ClO/c1-12(2)8-14-9-16(20)18(17(4,5)10-14)7-6-13(3)15(19)11-18/h9,12H,6-8,10-11H2,1-5H3/t18-/m1/s1. The summed E-state index contributed by atoms with van der Waals surface area (Å²) in [6.07, 6.45) is 6.65. The Morgan fingerprint density at radius 2 is 1.95 bits per heavy atom. The molecule has 0 aromatic rings. The molecule has 0 saturated carbocycles. The maximum atomic E-state index is 12.9. The second-order valence-corrected chi connectivity index (χ2v) is 8.23. The molecule has 0 amide bonds. The first-order chi connectivity index (χ1) is 9.18. The van der Waals surface area contributed by atoms with Crippen molar-refractivity contribution < 1.29 is 4.79 Å². The number of carbonyl (C=O) groups is 1. The highest BCUT2D eigenvalue weighted by atomic mass is 35.5. The third kappa shape index (κ3) is 2.62. The van der Waals surface area contributed by atoms with Gasteiger partial charge in [0.15, 0.2) is 5.78 Å². The molecule has 1 atom stereocenters. The molecule has 0 aromatic carbocycles. The van der Waals surface area contributed by atoms with Crippen LogP contribution in [0.25, 0.3) is 0 Å². The molecule has 0 N–H and O–H groups in total. The van der Waals surface area contributed by atoms with E-state index in [1.54, 1.807) is 0 Å². The Kier molecular flexibility index (Phi) is 4.22. The minimum atomic E-state index is -0.274. The average molecular weight is 295 g/mol. The van der Waals surface area contributed by atoms with Crippen molar-refractivity contribution in [3.8, 4) is 0 Å². The maximum absolute atomic E-state index is 12.9. The highest BCUT2D eigenvalue weighted by Crippen LogP contribution is 2.57. The molecule has 1 nitrogen and oxygen atoms in total. The second kappa shape index (κ2) is 5.33. The van der Waals surface area contributed by atoms with E-state index in [1.807, 2.05) is 6.08 Å². The number of rotatable bonds is 2. The van der Waals surface area contributed by atoms with Crippen LogP contribution in [0, 0.1) is 16.7 Å². The Morgan fingerprint density at radius 3 is 2.45 bits per heavy atom. The maximum Gasteiger partial charge on any atom is 0.162 e. The number of allylic oxidation sites excluding steroid dienone is 4. The Morgan fingerprint density at radius 1 is 1.30 bits per heavy atom. The van der Waals surface area contributed by atoms with Crippen molar-refractivity contribution in [3.63, 3.8) is 0 Å². The number of hydrogen-bond donors (Lipinski definition) is 0. The smallest absolute Gasteiger partial charge is 0.162 e. The fourth-order valence-electron chi connectivity index (χ4n) is 3.93. The highest BCUT2D eigenvalue weighted by Gasteiger charge is 2.53. The van der Waals surface area contributed by atoms with E-state index in [0.29, 0.717) is 11.7 Å². The van der Waals surface area contributed by atoms with Gasteiger partial charge in [-0.15, -0.1) is 0 Å². The lowest BCUT2D eigenvalue weighted by Crippen LogP contribution is -2.48. The van der Waals surface area contributed by atoms with Crippen LogP contribution in [0.2, 0.25) is 0 Å². The normalized spacial score (nSPS) is 30.1. The summed E-state index contributed by atoms with van der Waals surface area (Å²) in [5.74, 6) is 0.922. The van der Waals surface area contributed by atoms with E-state index in [4.69, 9.17) is 11.6 Å². The monoisotopic (exact) mass is 294 g/mol. The lowest BCUT2D eigenvalue weighted by Gasteiger charge is -2.50. The summed E-state index contributed by atoms with van der Waals surface area (Å²) in [4.78, 5) is 12.9. The molecule has 2 rings (SSSR count). The highest BCUT2D eigenvalue weighted by molar-refractivity contribution is 6.30. The van der Waals surface area contributed by atoms with Crippen LogP contribution in [-0.2, 0) is 4.79 Å². The predicted molar refractivity (Wildman–Crippen MR) is 85.8 cm³/mol. The van der Waals surface area contributed by atoms with Crippen LogP contribution in [0.4, 0.5) is 0 Å². The van der Waals surface area contributed by atoms with Gasteiger partial charge in [-0.05, 0) is 56.4 Å². The van der Waals surface area contributed by atoms with Gasteiger partial charge >= 0.3 is 0 Å². The van der Waals surface area contributed by atoms with Crippen LogP contribution in [0.3, 0.4) is 0 Å². The van der Waals surface area contributed by atoms with Gasteiger partial charge in [0.2, 0.25) is 0 Å². The van der Waals surface area contributed by atoms with Gasteiger partial charge in [-0.3, -0.25) is 4.79 Å². The number of ketones is 1. The number of hydrogen-bond acceptors (Lipinski definition) is 1. The quantitative estimate of drug-likeness (QED) is 0.644. The van der Waals surface area contributed by atoms with Gasteiger partial charge < -0.3 is 0 Å². The number of halogens is 1. The average Bonchev–Trinajstić information content (AvgIpc) is 2.29. The SMILES string of the molecule is CC1=C(Cl)C[C@]2(CC1)C(=O)C=C(CC(C)C)CC2(C)C. The summed E-state index contributed by atoms with van der Waals surface area (Å²) in [5, 5.41) is 0.915. The summed E-state index contributed by atoms with van der Waals surface area (Å²) in [7, 11) is 0. The molecule has 0 aliphatic heterocycles. The Labute approximate surface area is 128 Å². The van der Waals surface area contributed by atoms with Gasteiger partial charge in [0, 0.05) is 10.4 Å². The molecule has 112 valence electrons. The minimum Gasteiger partial charge on any atom is -0.294 e. The fraction of sp³-hybridized carbons (Fsp3) is 0.722. The largest absolute Gasteiger partial charge is 0.294 e. The van der Waals surface area contributed by atoms with Crippen LogP contribution < -0.4 is 0 Å². The van der Waals surface area contributed by atoms with E-state index in [1.165, 1.54) is 11.1 Å². The second-order valence-electron chi connectivity index (χ2n) is 7.77. The molecule has 2 aliphatic rings. The molecule has 0 aromatic heterocycles. The first-order valence-electron chi connectivity index (χ1n) is 7.76. The van der Waals surface area contributed by atoms with Crippen molar-refractivity contribution >= 4 is 17.4 Å². The van der Waals surface area contributed by atoms with E-state index >= 15 is 0 Å². The summed E-state index contributed by atoms with van der Waals surface area (Å²) >= 11 is 6.41. The zero-order valence-corrected chi connectivity index (χ0v) is 14.2. The molecule has 2 heteroatoms. The van der Waals surface area contributed by atoms with Crippen LogP contribution in [0.1, 0.15) is 66.7 Å². The van der Waals surface area contributed by atoms with Crippen molar-refractivity contribution in [1.29, 1.82) is 0 Å². The first-order valence-corrected chi connectivity index (χ1v) is 8.14. The molecule has 2 aliphatic carbocycles. The van der Waals surface area contributed by atoms with E-state index in [-0.39, 0.29) is 10.8 Å². The van der Waals surface area contributed by atoms with Gasteiger partial charge in [0.25, 0.3) is 0 Å². The van der Waals surface area contributed by atoms with Crippen molar-refractivity contribution in [1.82, 2.24) is 0 Å². The zero-order chi connectivity index (χ0) is 15.1. The topological polar surface area (TPSA) is 17.1 Å². The Hall–Kier alpha value is -0.560. The van der Waals surface area contributed by atoms with E-state index in [2.05, 4.69) is 34.6 Å². The summed E-state index contributed by atoms with van der Waals surface area (Å²) in [5.41, 5.74) is 2.31. The molecular weight excluding hydrogens is 268 g/mol. The predicted octanol–water partition coefficient (Wildman–Crippen LogP) is 5.64. The Balaban J connectivity index is 2.36. The first kappa shape index (κ1) is 15.8. The molecule has 1 spiro atoms. The zero-order valence-electron chi connectivity index (χ0n) is 13.5. The molecule has 0 fully saturated rings. The van der Waals surface area contributed by atoms with Crippen molar-refractivity contribution in [2.24, 2.45) is 16.7 Å². The van der Waals surface area contributed by atoms with Crippen LogP contribution in [-0.4, -0.2) is 5.78 Å². The molecule has 0 radical (unpaired) electrons. The molecule has 0 bridgehead atoms. The number of carbonyl (C=O) groups excluding carboxylic acids is 1. The van der Waals surface area contributed by atoms with E-state index in [0.717, 1.165) is 37.1 Å².